The third kappa shape index (κ3) is 4.42. The Morgan fingerprint density at radius 3 is 2.62 bits per heavy atom. The molecule has 0 aliphatic carbocycles. The van der Waals surface area contributed by atoms with Crippen molar-refractivity contribution >= 4 is 11.7 Å². The quantitative estimate of drug-likeness (QED) is 0.853. The molecule has 24 heavy (non-hydrogen) atoms. The van der Waals surface area contributed by atoms with Crippen molar-refractivity contribution in [2.45, 2.75) is 32.1 Å². The molecule has 132 valence electrons. The first-order valence-corrected chi connectivity index (χ1v) is 8.81. The molecule has 2 N–H and O–H groups in total. The summed E-state index contributed by atoms with van der Waals surface area (Å²) in [6.45, 7) is 8.03. The van der Waals surface area contributed by atoms with E-state index >= 15 is 0 Å². The molecule has 7 heteroatoms. The summed E-state index contributed by atoms with van der Waals surface area (Å²) in [7, 11) is 0. The van der Waals surface area contributed by atoms with Gasteiger partial charge in [0.05, 0.1) is 13.2 Å². The lowest BCUT2D eigenvalue weighted by Crippen LogP contribution is -2.37. The molecule has 2 fully saturated rings. The number of anilines is 1. The number of hydrogen-bond acceptors (Lipinski definition) is 6. The van der Waals surface area contributed by atoms with Crippen molar-refractivity contribution in [3.05, 3.63) is 17.6 Å². The highest BCUT2D eigenvalue weighted by Crippen LogP contribution is 2.29. The molecular formula is C17H27N5O2. The van der Waals surface area contributed by atoms with Crippen molar-refractivity contribution in [2.24, 2.45) is 5.73 Å². The molecule has 0 spiro atoms. The monoisotopic (exact) mass is 333 g/mol. The van der Waals surface area contributed by atoms with Crippen LogP contribution >= 0.6 is 0 Å². The first-order valence-electron chi connectivity index (χ1n) is 8.81. The van der Waals surface area contributed by atoms with Crippen LogP contribution in [0, 0.1) is 6.92 Å². The van der Waals surface area contributed by atoms with Gasteiger partial charge in [-0.05, 0) is 32.9 Å². The van der Waals surface area contributed by atoms with Gasteiger partial charge in [0, 0.05) is 43.7 Å². The van der Waals surface area contributed by atoms with Crippen LogP contribution < -0.4 is 10.6 Å². The summed E-state index contributed by atoms with van der Waals surface area (Å²) in [6.07, 6.45) is 2.58. The molecule has 0 atom stereocenters. The summed E-state index contributed by atoms with van der Waals surface area (Å²) in [5.41, 5.74) is 6.39. The maximum absolute atomic E-state index is 10.9. The van der Waals surface area contributed by atoms with E-state index < -0.39 is 0 Å². The summed E-state index contributed by atoms with van der Waals surface area (Å²) in [5.74, 6) is 2.11. The molecule has 1 aromatic heterocycles. The molecule has 3 heterocycles. The second kappa shape index (κ2) is 7.90. The Kier molecular flexibility index (Phi) is 5.63. The summed E-state index contributed by atoms with van der Waals surface area (Å²) in [6, 6.07) is 2.15. The summed E-state index contributed by atoms with van der Waals surface area (Å²) in [4.78, 5) is 24.8. The van der Waals surface area contributed by atoms with Crippen molar-refractivity contribution in [3.8, 4) is 0 Å². The van der Waals surface area contributed by atoms with Gasteiger partial charge in [-0.1, -0.05) is 0 Å². The predicted octanol–water partition coefficient (Wildman–Crippen LogP) is 0.676. The molecule has 0 saturated carbocycles. The number of primary amides is 1. The largest absolute Gasteiger partial charge is 0.378 e. The Bertz CT molecular complexity index is 566. The lowest BCUT2D eigenvalue weighted by atomic mass is 9.93. The van der Waals surface area contributed by atoms with Crippen LogP contribution in [0.5, 0.6) is 0 Å². The summed E-state index contributed by atoms with van der Waals surface area (Å²) >= 11 is 0. The minimum absolute atomic E-state index is 0.223. The number of morpholine rings is 1. The maximum Gasteiger partial charge on any atom is 0.218 e. The molecule has 0 unspecified atom stereocenters. The molecule has 1 amide bonds. The van der Waals surface area contributed by atoms with Crippen LogP contribution in [-0.4, -0.2) is 66.7 Å². The molecule has 3 rings (SSSR count). The number of amides is 1. The fourth-order valence-electron chi connectivity index (χ4n) is 3.46. The Hall–Kier alpha value is -1.73. The van der Waals surface area contributed by atoms with E-state index in [1.165, 1.54) is 0 Å². The molecule has 1 aromatic rings. The van der Waals surface area contributed by atoms with Crippen LogP contribution in [-0.2, 0) is 9.53 Å². The molecule has 2 aliphatic heterocycles. The van der Waals surface area contributed by atoms with Crippen molar-refractivity contribution in [1.82, 2.24) is 14.9 Å². The number of ether oxygens (including phenoxy) is 1. The topological polar surface area (TPSA) is 84.6 Å². The number of aryl methyl sites for hydroxylation is 1. The van der Waals surface area contributed by atoms with Crippen LogP contribution in [0.15, 0.2) is 6.07 Å². The van der Waals surface area contributed by atoms with Crippen molar-refractivity contribution in [1.29, 1.82) is 0 Å². The normalized spacial score (nSPS) is 20.3. The van der Waals surface area contributed by atoms with Gasteiger partial charge in [0.25, 0.3) is 0 Å². The SMILES string of the molecule is Cc1nc(C2CCN(CCC(N)=O)CC2)cc(N2CCOCC2)n1. The van der Waals surface area contributed by atoms with E-state index in [-0.39, 0.29) is 5.91 Å². The Morgan fingerprint density at radius 1 is 1.25 bits per heavy atom. The Morgan fingerprint density at radius 2 is 1.96 bits per heavy atom. The van der Waals surface area contributed by atoms with Gasteiger partial charge in [0.15, 0.2) is 0 Å². The average Bonchev–Trinajstić information content (AvgIpc) is 2.60. The number of likely N-dealkylation sites (tertiary alicyclic amines) is 1. The van der Waals surface area contributed by atoms with Crippen LogP contribution in [0.3, 0.4) is 0 Å². The van der Waals surface area contributed by atoms with E-state index in [2.05, 4.69) is 25.8 Å². The molecule has 0 aromatic carbocycles. The summed E-state index contributed by atoms with van der Waals surface area (Å²) < 4.78 is 5.43. The van der Waals surface area contributed by atoms with Gasteiger partial charge in [0.2, 0.25) is 5.91 Å². The van der Waals surface area contributed by atoms with Crippen molar-refractivity contribution < 1.29 is 9.53 Å². The van der Waals surface area contributed by atoms with E-state index in [0.717, 1.165) is 76.1 Å². The lowest BCUT2D eigenvalue weighted by molar-refractivity contribution is -0.118. The van der Waals surface area contributed by atoms with Gasteiger partial charge in [-0.3, -0.25) is 4.79 Å². The highest BCUT2D eigenvalue weighted by molar-refractivity contribution is 5.73. The molecular weight excluding hydrogens is 306 g/mol. The van der Waals surface area contributed by atoms with Gasteiger partial charge in [0.1, 0.15) is 11.6 Å². The highest BCUT2D eigenvalue weighted by Gasteiger charge is 2.23. The number of rotatable bonds is 5. The fourth-order valence-corrected chi connectivity index (χ4v) is 3.46. The molecule has 2 saturated heterocycles. The van der Waals surface area contributed by atoms with E-state index in [0.29, 0.717) is 12.3 Å². The second-order valence-electron chi connectivity index (χ2n) is 6.63. The predicted molar refractivity (Wildman–Crippen MR) is 92.0 cm³/mol. The minimum atomic E-state index is -0.223. The number of carbonyl (C=O) groups is 1. The zero-order valence-electron chi connectivity index (χ0n) is 14.4. The van der Waals surface area contributed by atoms with Gasteiger partial charge in [-0.15, -0.1) is 0 Å². The zero-order chi connectivity index (χ0) is 16.9. The highest BCUT2D eigenvalue weighted by atomic mass is 16.5. The third-order valence-corrected chi connectivity index (χ3v) is 4.86. The number of nitrogens with two attached hydrogens (primary N) is 1. The molecule has 0 radical (unpaired) electrons. The lowest BCUT2D eigenvalue weighted by Gasteiger charge is -2.32. The molecule has 7 nitrogen and oxygen atoms in total. The van der Waals surface area contributed by atoms with E-state index in [9.17, 15) is 4.79 Å². The smallest absolute Gasteiger partial charge is 0.218 e. The maximum atomic E-state index is 10.9. The Balaban J connectivity index is 1.62. The number of aromatic nitrogens is 2. The number of nitrogens with zero attached hydrogens (tertiary/aromatic N) is 4. The molecule has 0 bridgehead atoms. The van der Waals surface area contributed by atoms with Crippen LogP contribution in [0.2, 0.25) is 0 Å². The van der Waals surface area contributed by atoms with Crippen LogP contribution in [0.4, 0.5) is 5.82 Å². The summed E-state index contributed by atoms with van der Waals surface area (Å²) in [5, 5.41) is 0. The third-order valence-electron chi connectivity index (χ3n) is 4.86. The minimum Gasteiger partial charge on any atom is -0.378 e. The van der Waals surface area contributed by atoms with Gasteiger partial charge >= 0.3 is 0 Å². The number of piperidine rings is 1. The van der Waals surface area contributed by atoms with Gasteiger partial charge < -0.3 is 20.3 Å². The van der Waals surface area contributed by atoms with Crippen molar-refractivity contribution in [2.75, 3.05) is 50.8 Å². The second-order valence-corrected chi connectivity index (χ2v) is 6.63. The molecule has 2 aliphatic rings. The van der Waals surface area contributed by atoms with Crippen LogP contribution in [0.1, 0.15) is 36.7 Å². The standard InChI is InChI=1S/C17H27N5O2/c1-13-19-15(12-17(20-13)22-8-10-24-11-9-22)14-2-5-21(6-3-14)7-4-16(18)23/h12,14H,2-11H2,1H3,(H2,18,23). The van der Waals surface area contributed by atoms with Gasteiger partial charge in [-0.2, -0.15) is 0 Å². The zero-order valence-corrected chi connectivity index (χ0v) is 14.4. The number of carbonyl (C=O) groups excluding carboxylic acids is 1. The van der Waals surface area contributed by atoms with Crippen LogP contribution in [0.25, 0.3) is 0 Å². The first-order chi connectivity index (χ1) is 11.6. The first kappa shape index (κ1) is 17.1. The fraction of sp³-hybridized carbons (Fsp3) is 0.706. The van der Waals surface area contributed by atoms with E-state index in [4.69, 9.17) is 10.5 Å². The van der Waals surface area contributed by atoms with Gasteiger partial charge in [-0.25, -0.2) is 9.97 Å². The number of hydrogen-bond donors (Lipinski definition) is 1. The van der Waals surface area contributed by atoms with E-state index in [1.807, 2.05) is 6.92 Å². The van der Waals surface area contributed by atoms with E-state index in [1.54, 1.807) is 0 Å². The van der Waals surface area contributed by atoms with Crippen molar-refractivity contribution in [3.63, 3.8) is 0 Å². The Labute approximate surface area is 143 Å². The average molecular weight is 333 g/mol.